The van der Waals surface area contributed by atoms with Gasteiger partial charge in [-0.25, -0.2) is 5.43 Å². The van der Waals surface area contributed by atoms with Gasteiger partial charge in [-0.1, -0.05) is 36.8 Å². The molecular formula is C23H25N3O. The molecule has 0 spiro atoms. The third kappa shape index (κ3) is 4.17. The van der Waals surface area contributed by atoms with Gasteiger partial charge in [0.15, 0.2) is 0 Å². The van der Waals surface area contributed by atoms with Gasteiger partial charge < -0.3 is 4.57 Å². The molecule has 0 atom stereocenters. The lowest BCUT2D eigenvalue weighted by Crippen LogP contribution is -2.17. The van der Waals surface area contributed by atoms with Gasteiger partial charge >= 0.3 is 0 Å². The molecule has 0 unspecified atom stereocenters. The first-order valence-corrected chi connectivity index (χ1v) is 9.18. The van der Waals surface area contributed by atoms with E-state index in [1.54, 1.807) is 18.3 Å². The minimum absolute atomic E-state index is 0.213. The summed E-state index contributed by atoms with van der Waals surface area (Å²) in [5.74, 6) is -0.213. The van der Waals surface area contributed by atoms with Gasteiger partial charge in [0, 0.05) is 28.2 Å². The number of carbonyl (C=O) groups is 1. The number of hydrazone groups is 1. The first-order valence-electron chi connectivity index (χ1n) is 9.18. The Labute approximate surface area is 160 Å². The topological polar surface area (TPSA) is 46.4 Å². The van der Waals surface area contributed by atoms with Gasteiger partial charge in [-0.2, -0.15) is 5.10 Å². The molecule has 0 bridgehead atoms. The molecule has 2 aromatic carbocycles. The van der Waals surface area contributed by atoms with E-state index < -0.39 is 0 Å². The van der Waals surface area contributed by atoms with Crippen molar-refractivity contribution in [3.05, 3.63) is 88.2 Å². The lowest BCUT2D eigenvalue weighted by atomic mass is 10.1. The van der Waals surface area contributed by atoms with Crippen molar-refractivity contribution >= 4 is 12.1 Å². The van der Waals surface area contributed by atoms with Crippen LogP contribution < -0.4 is 5.43 Å². The highest BCUT2D eigenvalue weighted by molar-refractivity contribution is 5.95. The number of nitrogens with zero attached hydrogens (tertiary/aromatic N) is 2. The van der Waals surface area contributed by atoms with Crippen LogP contribution in [0.5, 0.6) is 0 Å². The van der Waals surface area contributed by atoms with Gasteiger partial charge in [-0.15, -0.1) is 0 Å². The Bertz CT molecular complexity index is 964. The zero-order valence-electron chi connectivity index (χ0n) is 16.3. The molecular weight excluding hydrogens is 334 g/mol. The lowest BCUT2D eigenvalue weighted by molar-refractivity contribution is 0.0955. The average Bonchev–Trinajstić information content (AvgIpc) is 2.96. The largest absolute Gasteiger partial charge is 0.318 e. The van der Waals surface area contributed by atoms with Crippen LogP contribution >= 0.6 is 0 Å². The van der Waals surface area contributed by atoms with Crippen LogP contribution in [0, 0.1) is 20.8 Å². The first-order chi connectivity index (χ1) is 13.0. The predicted molar refractivity (Wildman–Crippen MR) is 111 cm³/mol. The summed E-state index contributed by atoms with van der Waals surface area (Å²) in [5, 5.41) is 4.14. The van der Waals surface area contributed by atoms with Crippen LogP contribution in [-0.2, 0) is 6.42 Å². The highest BCUT2D eigenvalue weighted by Gasteiger charge is 2.10. The molecule has 4 heteroatoms. The molecule has 0 fully saturated rings. The second kappa shape index (κ2) is 8.04. The fourth-order valence-electron chi connectivity index (χ4n) is 3.13. The van der Waals surface area contributed by atoms with Gasteiger partial charge in [0.25, 0.3) is 5.91 Å². The number of amides is 1. The van der Waals surface area contributed by atoms with Gasteiger partial charge in [0.05, 0.1) is 6.21 Å². The van der Waals surface area contributed by atoms with Gasteiger partial charge in [-0.3, -0.25) is 4.79 Å². The van der Waals surface area contributed by atoms with Crippen LogP contribution in [0.4, 0.5) is 0 Å². The van der Waals surface area contributed by atoms with Crippen molar-refractivity contribution in [3.63, 3.8) is 0 Å². The van der Waals surface area contributed by atoms with Crippen molar-refractivity contribution < 1.29 is 4.79 Å². The number of aromatic nitrogens is 1. The third-order valence-corrected chi connectivity index (χ3v) is 4.76. The smallest absolute Gasteiger partial charge is 0.271 e. The third-order valence-electron chi connectivity index (χ3n) is 4.76. The van der Waals surface area contributed by atoms with E-state index in [9.17, 15) is 4.79 Å². The summed E-state index contributed by atoms with van der Waals surface area (Å²) in [5.41, 5.74) is 9.97. The fraction of sp³-hybridized carbons (Fsp3) is 0.217. The SMILES string of the molecule is CCc1ccc(-n2c(C)cc(/C=N\NC(=O)c3ccc(C)cc3)c2C)cc1. The van der Waals surface area contributed by atoms with E-state index in [0.717, 1.165) is 34.6 Å². The summed E-state index contributed by atoms with van der Waals surface area (Å²) >= 11 is 0. The summed E-state index contributed by atoms with van der Waals surface area (Å²) in [6, 6.07) is 18.1. The van der Waals surface area contributed by atoms with E-state index >= 15 is 0 Å². The summed E-state index contributed by atoms with van der Waals surface area (Å²) in [7, 11) is 0. The number of hydrogen-bond acceptors (Lipinski definition) is 2. The molecule has 0 aliphatic carbocycles. The quantitative estimate of drug-likeness (QED) is 0.519. The van der Waals surface area contributed by atoms with E-state index in [-0.39, 0.29) is 5.91 Å². The summed E-state index contributed by atoms with van der Waals surface area (Å²) in [4.78, 5) is 12.2. The van der Waals surface area contributed by atoms with Crippen LogP contribution in [0.3, 0.4) is 0 Å². The highest BCUT2D eigenvalue weighted by Crippen LogP contribution is 2.20. The van der Waals surface area contributed by atoms with Crippen LogP contribution in [0.15, 0.2) is 59.7 Å². The summed E-state index contributed by atoms with van der Waals surface area (Å²) in [6.07, 6.45) is 2.73. The zero-order chi connectivity index (χ0) is 19.4. The molecule has 3 aromatic rings. The number of nitrogens with one attached hydrogen (secondary N) is 1. The molecule has 0 aliphatic heterocycles. The van der Waals surface area contributed by atoms with Gasteiger partial charge in [-0.05, 0) is 63.1 Å². The van der Waals surface area contributed by atoms with Crippen LogP contribution in [0.25, 0.3) is 5.69 Å². The van der Waals surface area contributed by atoms with Crippen molar-refractivity contribution in [1.82, 2.24) is 9.99 Å². The van der Waals surface area contributed by atoms with E-state index in [2.05, 4.69) is 66.2 Å². The minimum atomic E-state index is -0.213. The van der Waals surface area contributed by atoms with Gasteiger partial charge in [0.2, 0.25) is 0 Å². The second-order valence-electron chi connectivity index (χ2n) is 6.75. The monoisotopic (exact) mass is 359 g/mol. The van der Waals surface area contributed by atoms with Crippen LogP contribution in [0.2, 0.25) is 0 Å². The van der Waals surface area contributed by atoms with E-state index in [1.165, 1.54) is 5.56 Å². The van der Waals surface area contributed by atoms with Crippen molar-refractivity contribution in [2.75, 3.05) is 0 Å². The normalized spacial score (nSPS) is 11.1. The maximum atomic E-state index is 12.2. The number of carbonyl (C=O) groups excluding carboxylic acids is 1. The predicted octanol–water partition coefficient (Wildman–Crippen LogP) is 4.73. The number of benzene rings is 2. The average molecular weight is 359 g/mol. The Morgan fingerprint density at radius 2 is 1.70 bits per heavy atom. The summed E-state index contributed by atoms with van der Waals surface area (Å²) < 4.78 is 2.20. The molecule has 0 saturated carbocycles. The van der Waals surface area contributed by atoms with E-state index in [4.69, 9.17) is 0 Å². The Kier molecular flexibility index (Phi) is 5.55. The molecule has 1 aromatic heterocycles. The standard InChI is InChI=1S/C23H25N3O/c1-5-19-8-12-22(13-9-19)26-17(3)14-21(18(26)4)15-24-25-23(27)20-10-6-16(2)7-11-20/h6-15H,5H2,1-4H3,(H,25,27)/b24-15-. The van der Waals surface area contributed by atoms with E-state index in [0.29, 0.717) is 5.56 Å². The Morgan fingerprint density at radius 1 is 1.04 bits per heavy atom. The maximum Gasteiger partial charge on any atom is 0.271 e. The van der Waals surface area contributed by atoms with Crippen LogP contribution in [-0.4, -0.2) is 16.7 Å². The Balaban J connectivity index is 1.76. The zero-order valence-corrected chi connectivity index (χ0v) is 16.3. The molecule has 1 N–H and O–H groups in total. The fourth-order valence-corrected chi connectivity index (χ4v) is 3.13. The Morgan fingerprint density at radius 3 is 2.33 bits per heavy atom. The lowest BCUT2D eigenvalue weighted by Gasteiger charge is -2.10. The van der Waals surface area contributed by atoms with Crippen molar-refractivity contribution in [3.8, 4) is 5.69 Å². The van der Waals surface area contributed by atoms with Gasteiger partial charge in [0.1, 0.15) is 0 Å². The van der Waals surface area contributed by atoms with Crippen molar-refractivity contribution in [2.45, 2.75) is 34.1 Å². The van der Waals surface area contributed by atoms with Crippen molar-refractivity contribution in [2.24, 2.45) is 5.10 Å². The minimum Gasteiger partial charge on any atom is -0.318 e. The molecule has 0 radical (unpaired) electrons. The highest BCUT2D eigenvalue weighted by atomic mass is 16.2. The first kappa shape index (κ1) is 18.6. The van der Waals surface area contributed by atoms with E-state index in [1.807, 2.05) is 19.1 Å². The maximum absolute atomic E-state index is 12.2. The number of hydrogen-bond donors (Lipinski definition) is 1. The molecule has 138 valence electrons. The van der Waals surface area contributed by atoms with Crippen molar-refractivity contribution in [1.29, 1.82) is 0 Å². The molecule has 0 aliphatic rings. The van der Waals surface area contributed by atoms with Crippen LogP contribution in [0.1, 0.15) is 45.4 Å². The Hall–Kier alpha value is -3.14. The molecule has 1 amide bonds. The molecule has 0 saturated heterocycles. The molecule has 27 heavy (non-hydrogen) atoms. The second-order valence-corrected chi connectivity index (χ2v) is 6.75. The molecule has 3 rings (SSSR count). The molecule has 4 nitrogen and oxygen atoms in total. The number of aryl methyl sites for hydroxylation is 3. The molecule has 1 heterocycles. The number of rotatable bonds is 5. The summed E-state index contributed by atoms with van der Waals surface area (Å²) in [6.45, 7) is 8.28.